The number of nitrogens with zero attached hydrogens (tertiary/aromatic N) is 2. The van der Waals surface area contributed by atoms with E-state index in [1.165, 1.54) is 4.31 Å². The van der Waals surface area contributed by atoms with Gasteiger partial charge in [0.25, 0.3) is 0 Å². The Bertz CT molecular complexity index is 1320. The van der Waals surface area contributed by atoms with Crippen LogP contribution in [0, 0.1) is 19.8 Å². The summed E-state index contributed by atoms with van der Waals surface area (Å²) in [6.45, 7) is 6.24. The van der Waals surface area contributed by atoms with E-state index in [2.05, 4.69) is 17.4 Å². The van der Waals surface area contributed by atoms with Gasteiger partial charge in [0.15, 0.2) is 10.7 Å². The standard InChI is InChI=1S/C27H31N3O4S/c1-4-21-6-5-7-24(18-21)28-27(31)23-14-16-30(17-15-23)35(32,33)26-20(3)29-34-25(26)13-12-22-10-8-19(2)9-11-22/h5-13,18,23H,4,14-17H2,1-3H3,(H,28,31)/b13-12+. The minimum atomic E-state index is -3.81. The van der Waals surface area contributed by atoms with Crippen LogP contribution in [0.3, 0.4) is 0 Å². The first-order valence-corrected chi connectivity index (χ1v) is 13.3. The zero-order chi connectivity index (χ0) is 25.0. The lowest BCUT2D eigenvalue weighted by Crippen LogP contribution is -2.41. The van der Waals surface area contributed by atoms with Crippen LogP contribution >= 0.6 is 0 Å². The first-order valence-electron chi connectivity index (χ1n) is 11.9. The van der Waals surface area contributed by atoms with Gasteiger partial charge in [0.05, 0.1) is 0 Å². The first kappa shape index (κ1) is 24.9. The summed E-state index contributed by atoms with van der Waals surface area (Å²) in [7, 11) is -3.81. The molecule has 2 aromatic carbocycles. The maximum absolute atomic E-state index is 13.5. The molecule has 0 radical (unpaired) electrons. The van der Waals surface area contributed by atoms with Crippen LogP contribution in [-0.2, 0) is 21.2 Å². The van der Waals surface area contributed by atoms with Crippen LogP contribution in [0.25, 0.3) is 12.2 Å². The fourth-order valence-corrected chi connectivity index (χ4v) is 5.97. The summed E-state index contributed by atoms with van der Waals surface area (Å²) in [6.07, 6.45) is 5.25. The fraction of sp³-hybridized carbons (Fsp3) is 0.333. The average Bonchev–Trinajstić information content (AvgIpc) is 3.25. The summed E-state index contributed by atoms with van der Waals surface area (Å²) in [6, 6.07) is 15.7. The number of anilines is 1. The first-order chi connectivity index (χ1) is 16.8. The molecule has 3 aromatic rings. The third kappa shape index (κ3) is 5.71. The molecule has 1 saturated heterocycles. The van der Waals surface area contributed by atoms with Crippen LogP contribution < -0.4 is 5.32 Å². The monoisotopic (exact) mass is 493 g/mol. The van der Waals surface area contributed by atoms with Gasteiger partial charge in [-0.2, -0.15) is 4.31 Å². The Morgan fingerprint density at radius 3 is 2.51 bits per heavy atom. The highest BCUT2D eigenvalue weighted by Crippen LogP contribution is 2.29. The lowest BCUT2D eigenvalue weighted by Gasteiger charge is -2.30. The number of carbonyl (C=O) groups is 1. The fourth-order valence-electron chi connectivity index (χ4n) is 4.25. The zero-order valence-corrected chi connectivity index (χ0v) is 21.1. The maximum Gasteiger partial charge on any atom is 0.248 e. The van der Waals surface area contributed by atoms with Crippen molar-refractivity contribution >= 4 is 33.8 Å². The number of nitrogens with one attached hydrogen (secondary N) is 1. The van der Waals surface area contributed by atoms with Crippen molar-refractivity contribution in [1.82, 2.24) is 9.46 Å². The van der Waals surface area contributed by atoms with E-state index in [1.54, 1.807) is 13.0 Å². The third-order valence-electron chi connectivity index (χ3n) is 6.36. The van der Waals surface area contributed by atoms with E-state index >= 15 is 0 Å². The number of hydrogen-bond donors (Lipinski definition) is 1. The Labute approximate surface area is 206 Å². The van der Waals surface area contributed by atoms with Crippen molar-refractivity contribution in [2.75, 3.05) is 18.4 Å². The van der Waals surface area contributed by atoms with Gasteiger partial charge in [0.2, 0.25) is 15.9 Å². The van der Waals surface area contributed by atoms with Crippen LogP contribution in [0.5, 0.6) is 0 Å². The molecule has 0 spiro atoms. The second-order valence-electron chi connectivity index (χ2n) is 8.93. The molecule has 35 heavy (non-hydrogen) atoms. The van der Waals surface area contributed by atoms with Gasteiger partial charge in [-0.3, -0.25) is 4.79 Å². The minimum Gasteiger partial charge on any atom is -0.355 e. The summed E-state index contributed by atoms with van der Waals surface area (Å²) in [4.78, 5) is 12.9. The van der Waals surface area contributed by atoms with Crippen LogP contribution in [0.2, 0.25) is 0 Å². The summed E-state index contributed by atoms with van der Waals surface area (Å²) in [5, 5.41) is 6.89. The van der Waals surface area contributed by atoms with E-state index in [1.807, 2.05) is 61.5 Å². The number of aryl methyl sites for hydroxylation is 3. The van der Waals surface area contributed by atoms with E-state index in [4.69, 9.17) is 4.52 Å². The molecular formula is C27H31N3O4S. The molecule has 0 atom stereocenters. The summed E-state index contributed by atoms with van der Waals surface area (Å²) in [5.41, 5.74) is 4.33. The molecule has 4 rings (SSSR count). The molecule has 1 amide bonds. The predicted molar refractivity (Wildman–Crippen MR) is 137 cm³/mol. The second-order valence-corrected chi connectivity index (χ2v) is 10.8. The van der Waals surface area contributed by atoms with Crippen molar-refractivity contribution in [3.05, 3.63) is 76.7 Å². The summed E-state index contributed by atoms with van der Waals surface area (Å²) < 4.78 is 33.7. The SMILES string of the molecule is CCc1cccc(NC(=O)C2CCN(S(=O)(=O)c3c(C)noc3/C=C/c3ccc(C)cc3)CC2)c1. The second kappa shape index (κ2) is 10.6. The van der Waals surface area contributed by atoms with Gasteiger partial charge < -0.3 is 9.84 Å². The largest absolute Gasteiger partial charge is 0.355 e. The Hall–Kier alpha value is -3.23. The molecule has 7 nitrogen and oxygen atoms in total. The van der Waals surface area contributed by atoms with Crippen LogP contribution in [0.4, 0.5) is 5.69 Å². The van der Waals surface area contributed by atoms with Gasteiger partial charge in [-0.25, -0.2) is 8.42 Å². The molecule has 2 heterocycles. The van der Waals surface area contributed by atoms with Gasteiger partial charge in [-0.1, -0.05) is 60.1 Å². The highest BCUT2D eigenvalue weighted by atomic mass is 32.2. The van der Waals surface area contributed by atoms with Crippen molar-refractivity contribution in [3.8, 4) is 0 Å². The summed E-state index contributed by atoms with van der Waals surface area (Å²) >= 11 is 0. The van der Waals surface area contributed by atoms with Crippen LogP contribution in [0.15, 0.2) is 57.9 Å². The molecule has 1 fully saturated rings. The molecule has 0 aliphatic carbocycles. The molecule has 1 aromatic heterocycles. The topological polar surface area (TPSA) is 92.5 Å². The predicted octanol–water partition coefficient (Wildman–Crippen LogP) is 5.06. The number of sulfonamides is 1. The van der Waals surface area contributed by atoms with Gasteiger partial charge >= 0.3 is 0 Å². The normalized spacial score (nSPS) is 15.5. The maximum atomic E-state index is 13.5. The minimum absolute atomic E-state index is 0.0711. The average molecular weight is 494 g/mol. The van der Waals surface area contributed by atoms with E-state index in [0.717, 1.165) is 28.8 Å². The third-order valence-corrected chi connectivity index (χ3v) is 8.42. The molecule has 8 heteroatoms. The number of rotatable bonds is 7. The number of hydrogen-bond acceptors (Lipinski definition) is 5. The lowest BCUT2D eigenvalue weighted by atomic mass is 9.97. The molecule has 184 valence electrons. The molecule has 1 N–H and O–H groups in total. The Morgan fingerprint density at radius 1 is 1.11 bits per heavy atom. The van der Waals surface area contributed by atoms with Crippen LogP contribution in [-0.4, -0.2) is 36.9 Å². The molecule has 0 saturated carbocycles. The van der Waals surface area contributed by atoms with Crippen molar-refractivity contribution in [2.45, 2.75) is 44.9 Å². The smallest absolute Gasteiger partial charge is 0.248 e. The van der Waals surface area contributed by atoms with Gasteiger partial charge in [0, 0.05) is 24.7 Å². The van der Waals surface area contributed by atoms with Crippen molar-refractivity contribution in [2.24, 2.45) is 5.92 Å². The number of aromatic nitrogens is 1. The van der Waals surface area contributed by atoms with Crippen molar-refractivity contribution < 1.29 is 17.7 Å². The number of piperidine rings is 1. The molecule has 0 unspecified atom stereocenters. The summed E-state index contributed by atoms with van der Waals surface area (Å²) in [5.74, 6) is -0.104. The Balaban J connectivity index is 1.44. The molecule has 0 bridgehead atoms. The zero-order valence-electron chi connectivity index (χ0n) is 20.3. The molecular weight excluding hydrogens is 462 g/mol. The quantitative estimate of drug-likeness (QED) is 0.496. The van der Waals surface area contributed by atoms with Gasteiger partial charge in [-0.15, -0.1) is 0 Å². The van der Waals surface area contributed by atoms with E-state index in [0.29, 0.717) is 18.5 Å². The number of benzene rings is 2. The van der Waals surface area contributed by atoms with E-state index < -0.39 is 10.0 Å². The highest BCUT2D eigenvalue weighted by Gasteiger charge is 2.35. The van der Waals surface area contributed by atoms with Gasteiger partial charge in [-0.05, 0) is 62.4 Å². The van der Waals surface area contributed by atoms with E-state index in [9.17, 15) is 13.2 Å². The van der Waals surface area contributed by atoms with Crippen LogP contribution in [0.1, 0.15) is 47.9 Å². The van der Waals surface area contributed by atoms with Crippen molar-refractivity contribution in [1.29, 1.82) is 0 Å². The van der Waals surface area contributed by atoms with E-state index in [-0.39, 0.29) is 35.6 Å². The Morgan fingerprint density at radius 2 is 1.83 bits per heavy atom. The number of amides is 1. The van der Waals surface area contributed by atoms with Gasteiger partial charge in [0.1, 0.15) is 5.69 Å². The Kier molecular flexibility index (Phi) is 7.52. The molecule has 1 aliphatic rings. The molecule has 1 aliphatic heterocycles. The lowest BCUT2D eigenvalue weighted by molar-refractivity contribution is -0.120. The number of carbonyl (C=O) groups excluding carboxylic acids is 1. The van der Waals surface area contributed by atoms with Crippen molar-refractivity contribution in [3.63, 3.8) is 0 Å². The highest BCUT2D eigenvalue weighted by molar-refractivity contribution is 7.89.